The minimum Gasteiger partial charge on any atom is -0.493 e. The lowest BCUT2D eigenvalue weighted by Gasteiger charge is -2.35. The van der Waals surface area contributed by atoms with Crippen molar-refractivity contribution in [2.45, 2.75) is 43.2 Å². The fraction of sp³-hybridized carbons (Fsp3) is 0.467. The van der Waals surface area contributed by atoms with Gasteiger partial charge < -0.3 is 43.0 Å². The molecule has 2 aromatic rings. The summed E-state index contributed by atoms with van der Waals surface area (Å²) < 4.78 is 43.6. The van der Waals surface area contributed by atoms with Gasteiger partial charge in [0.1, 0.15) is 18.3 Å². The lowest BCUT2D eigenvalue weighted by molar-refractivity contribution is -0.146. The molecule has 1 N–H and O–H groups in total. The van der Waals surface area contributed by atoms with Crippen LogP contribution in [-0.4, -0.2) is 102 Å². The molecule has 2 aliphatic heterocycles. The number of aliphatic hydroxyl groups is 1. The van der Waals surface area contributed by atoms with Crippen LogP contribution in [0, 0.1) is 0 Å². The first-order valence-corrected chi connectivity index (χ1v) is 13.3. The Balaban J connectivity index is 1.44. The number of carbonyl (C=O) groups is 2. The molecule has 2 aliphatic rings. The van der Waals surface area contributed by atoms with Crippen molar-refractivity contribution in [3.8, 4) is 34.5 Å². The number of esters is 2. The first-order valence-electron chi connectivity index (χ1n) is 13.3. The van der Waals surface area contributed by atoms with Crippen molar-refractivity contribution in [3.63, 3.8) is 0 Å². The number of hydrogen-bond acceptors (Lipinski definition) is 12. The van der Waals surface area contributed by atoms with Crippen molar-refractivity contribution in [2.24, 2.45) is 0 Å². The Morgan fingerprint density at radius 3 is 1.76 bits per heavy atom. The number of aliphatic hydroxyl groups excluding tert-OH is 1. The molecular weight excluding hydrogens is 550 g/mol. The van der Waals surface area contributed by atoms with Gasteiger partial charge in [0.05, 0.1) is 54.3 Å². The topological polar surface area (TPSA) is 131 Å². The number of fused-ring (bicyclic) bond motifs is 2. The van der Waals surface area contributed by atoms with Crippen molar-refractivity contribution in [2.75, 3.05) is 49.7 Å². The van der Waals surface area contributed by atoms with Crippen LogP contribution in [0.15, 0.2) is 30.3 Å². The van der Waals surface area contributed by atoms with Crippen LogP contribution in [-0.2, 0) is 14.3 Å². The predicted molar refractivity (Wildman–Crippen MR) is 151 cm³/mol. The minimum absolute atomic E-state index is 0.181. The Labute approximate surface area is 244 Å². The number of ether oxygens (including phenoxy) is 8. The molecule has 2 aromatic carbocycles. The Morgan fingerprint density at radius 1 is 0.762 bits per heavy atom. The molecule has 0 unspecified atom stereocenters. The van der Waals surface area contributed by atoms with Gasteiger partial charge in [0.25, 0.3) is 0 Å². The van der Waals surface area contributed by atoms with E-state index in [0.717, 1.165) is 0 Å². The average Bonchev–Trinajstić information content (AvgIpc) is 3.12. The third kappa shape index (κ3) is 6.04. The highest BCUT2D eigenvalue weighted by molar-refractivity contribution is 5.91. The van der Waals surface area contributed by atoms with Gasteiger partial charge in [0, 0.05) is 25.0 Å². The van der Waals surface area contributed by atoms with Crippen molar-refractivity contribution in [1.82, 2.24) is 4.90 Å². The largest absolute Gasteiger partial charge is 0.493 e. The van der Waals surface area contributed by atoms with Gasteiger partial charge in [-0.15, -0.1) is 0 Å². The Hall–Kier alpha value is -4.16. The molecule has 42 heavy (non-hydrogen) atoms. The smallest absolute Gasteiger partial charge is 0.338 e. The molecular formula is C30H37NO11. The van der Waals surface area contributed by atoms with Gasteiger partial charge in [0.15, 0.2) is 23.0 Å². The Morgan fingerprint density at radius 2 is 1.26 bits per heavy atom. The van der Waals surface area contributed by atoms with Crippen molar-refractivity contribution < 1.29 is 52.6 Å². The molecule has 12 heteroatoms. The van der Waals surface area contributed by atoms with Gasteiger partial charge in [-0.05, 0) is 43.0 Å². The maximum absolute atomic E-state index is 13.2. The molecule has 2 fully saturated rings. The van der Waals surface area contributed by atoms with E-state index in [2.05, 4.69) is 0 Å². The van der Waals surface area contributed by atoms with Gasteiger partial charge in [-0.25, -0.2) is 9.59 Å². The number of carbonyl (C=O) groups excluding carboxylic acids is 2. The molecule has 12 nitrogen and oxygen atoms in total. The first kappa shape index (κ1) is 30.8. The Kier molecular flexibility index (Phi) is 9.69. The monoisotopic (exact) mass is 587 g/mol. The van der Waals surface area contributed by atoms with Crippen molar-refractivity contribution in [1.29, 1.82) is 0 Å². The Bertz CT molecular complexity index is 1280. The van der Waals surface area contributed by atoms with Crippen LogP contribution in [0.1, 0.15) is 28.8 Å². The molecule has 0 radical (unpaired) electrons. The second kappa shape index (κ2) is 13.2. The van der Waals surface area contributed by atoms with Crippen LogP contribution in [0.4, 0.5) is 0 Å². The van der Waals surface area contributed by atoms with Crippen LogP contribution in [0.25, 0.3) is 6.08 Å². The van der Waals surface area contributed by atoms with E-state index in [1.807, 2.05) is 11.9 Å². The zero-order valence-corrected chi connectivity index (χ0v) is 24.7. The molecule has 228 valence electrons. The number of likely N-dealkylation sites (N-methyl/N-ethyl adjacent to an activating group) is 1. The fourth-order valence-electron chi connectivity index (χ4n) is 5.61. The third-order valence-electron chi connectivity index (χ3n) is 7.69. The van der Waals surface area contributed by atoms with E-state index in [4.69, 9.17) is 37.9 Å². The fourth-order valence-corrected chi connectivity index (χ4v) is 5.61. The number of rotatable bonds is 11. The summed E-state index contributed by atoms with van der Waals surface area (Å²) in [7, 11) is 10.8. The predicted octanol–water partition coefficient (Wildman–Crippen LogP) is 2.73. The molecule has 2 heterocycles. The second-order valence-electron chi connectivity index (χ2n) is 9.90. The van der Waals surface area contributed by atoms with E-state index in [0.29, 0.717) is 52.9 Å². The van der Waals surface area contributed by atoms with E-state index >= 15 is 0 Å². The molecule has 0 aliphatic carbocycles. The van der Waals surface area contributed by atoms with Crippen LogP contribution in [0.5, 0.6) is 34.5 Å². The summed E-state index contributed by atoms with van der Waals surface area (Å²) in [4.78, 5) is 27.9. The zero-order chi connectivity index (χ0) is 30.6. The lowest BCUT2D eigenvalue weighted by Crippen LogP contribution is -2.46. The molecule has 0 amide bonds. The summed E-state index contributed by atoms with van der Waals surface area (Å²) in [5.74, 6) is 1.11. The summed E-state index contributed by atoms with van der Waals surface area (Å²) in [6, 6.07) is 5.69. The van der Waals surface area contributed by atoms with Crippen molar-refractivity contribution >= 4 is 18.0 Å². The van der Waals surface area contributed by atoms with Gasteiger partial charge in [-0.2, -0.15) is 0 Å². The lowest BCUT2D eigenvalue weighted by atomic mass is 10.00. The SMILES string of the molecule is COc1cc(/C=C/C(=O)O[C@@H]2C[C@@H]3[C@@H](OC(=O)c4cc(OC)c(OC)c(OC)c4)[C@@H](O)[C@H](C2)N3C)cc(OC)c1OC. The molecule has 5 atom stereocenters. The van der Waals surface area contributed by atoms with E-state index in [-0.39, 0.29) is 17.6 Å². The summed E-state index contributed by atoms with van der Waals surface area (Å²) >= 11 is 0. The van der Waals surface area contributed by atoms with Gasteiger partial charge in [0.2, 0.25) is 11.5 Å². The van der Waals surface area contributed by atoms with E-state index in [1.54, 1.807) is 18.2 Å². The summed E-state index contributed by atoms with van der Waals surface area (Å²) in [5, 5.41) is 11.1. The third-order valence-corrected chi connectivity index (χ3v) is 7.69. The summed E-state index contributed by atoms with van der Waals surface area (Å²) in [6.07, 6.45) is 1.39. The van der Waals surface area contributed by atoms with Crippen LogP contribution in [0.2, 0.25) is 0 Å². The highest BCUT2D eigenvalue weighted by Crippen LogP contribution is 2.41. The first-order chi connectivity index (χ1) is 20.2. The van der Waals surface area contributed by atoms with E-state index < -0.39 is 30.3 Å². The quantitative estimate of drug-likeness (QED) is 0.306. The highest BCUT2D eigenvalue weighted by atomic mass is 16.6. The zero-order valence-electron chi connectivity index (χ0n) is 24.7. The molecule has 0 aromatic heterocycles. The van der Waals surface area contributed by atoms with E-state index in [1.165, 1.54) is 60.9 Å². The number of benzene rings is 2. The molecule has 0 spiro atoms. The summed E-state index contributed by atoms with van der Waals surface area (Å²) in [6.45, 7) is 0. The number of piperidine rings is 1. The maximum Gasteiger partial charge on any atom is 0.338 e. The second-order valence-corrected chi connectivity index (χ2v) is 9.90. The normalized spacial score (nSPS) is 23.3. The van der Waals surface area contributed by atoms with Crippen LogP contribution >= 0.6 is 0 Å². The van der Waals surface area contributed by atoms with Crippen molar-refractivity contribution in [3.05, 3.63) is 41.5 Å². The minimum atomic E-state index is -0.968. The number of methoxy groups -OCH3 is 6. The van der Waals surface area contributed by atoms with Gasteiger partial charge in [-0.1, -0.05) is 0 Å². The van der Waals surface area contributed by atoms with E-state index in [9.17, 15) is 14.7 Å². The highest BCUT2D eigenvalue weighted by Gasteiger charge is 2.54. The van der Waals surface area contributed by atoms with Crippen LogP contribution in [0.3, 0.4) is 0 Å². The summed E-state index contributed by atoms with van der Waals surface area (Å²) in [5.41, 5.74) is 0.833. The standard InChI is InChI=1S/C30H37NO11/c1-31-19-14-18(41-25(32)9-8-16-10-21(35-2)28(39-6)22(11-16)36-3)15-20(31)27(26(19)33)42-30(34)17-12-23(37-4)29(40-7)24(13-17)38-5/h8-13,18-20,26-27,33H,14-15H2,1-7H3/b9-8+/t18-,19-,20+,26-,27+/m0/s1. The number of nitrogens with zero attached hydrogens (tertiary/aromatic N) is 1. The molecule has 4 rings (SSSR count). The number of hydrogen-bond donors (Lipinski definition) is 1. The average molecular weight is 588 g/mol. The van der Waals surface area contributed by atoms with Gasteiger partial charge >= 0.3 is 11.9 Å². The molecule has 0 saturated carbocycles. The molecule has 2 saturated heterocycles. The molecule has 2 bridgehead atoms. The maximum atomic E-state index is 13.2. The van der Waals surface area contributed by atoms with Gasteiger partial charge in [-0.3, -0.25) is 4.90 Å². The van der Waals surface area contributed by atoms with Crippen LogP contribution < -0.4 is 28.4 Å².